The molecule has 1 heterocycles. The van der Waals surface area contributed by atoms with Crippen LogP contribution in [0.4, 0.5) is 11.5 Å². The molecule has 0 saturated heterocycles. The van der Waals surface area contributed by atoms with Gasteiger partial charge in [0.1, 0.15) is 5.82 Å². The molecule has 0 unspecified atom stereocenters. The molecule has 1 aromatic heterocycles. The van der Waals surface area contributed by atoms with Crippen molar-refractivity contribution < 1.29 is 0 Å². The van der Waals surface area contributed by atoms with Crippen molar-refractivity contribution in [3.63, 3.8) is 0 Å². The molecule has 108 valence electrons. The Bertz CT molecular complexity index is 660. The summed E-state index contributed by atoms with van der Waals surface area (Å²) < 4.78 is 0. The number of pyridine rings is 1. The van der Waals surface area contributed by atoms with E-state index in [-0.39, 0.29) is 0 Å². The number of benzene rings is 1. The molecule has 0 spiro atoms. The molecule has 4 N–H and O–H groups in total. The second-order valence-electron chi connectivity index (χ2n) is 4.82. The average Bonchev–Trinajstić information content (AvgIpc) is 2.49. The summed E-state index contributed by atoms with van der Waals surface area (Å²) in [5.41, 5.74) is 10.2. The van der Waals surface area contributed by atoms with Crippen LogP contribution in [0.5, 0.6) is 0 Å². The topological polar surface area (TPSA) is 74.8 Å². The van der Waals surface area contributed by atoms with E-state index in [1.54, 1.807) is 13.1 Å². The van der Waals surface area contributed by atoms with Crippen LogP contribution in [-0.2, 0) is 6.54 Å². The normalized spacial score (nSPS) is 11.2. The lowest BCUT2D eigenvalue weighted by Gasteiger charge is -2.12. The van der Waals surface area contributed by atoms with Crippen LogP contribution in [0.3, 0.4) is 0 Å². The summed E-state index contributed by atoms with van der Waals surface area (Å²) in [6.45, 7) is 4.37. The molecule has 21 heavy (non-hydrogen) atoms. The van der Waals surface area contributed by atoms with Gasteiger partial charge in [-0.1, -0.05) is 36.4 Å². The second-order valence-corrected chi connectivity index (χ2v) is 4.82. The molecule has 0 atom stereocenters. The highest BCUT2D eigenvalue weighted by Gasteiger charge is 2.07. The summed E-state index contributed by atoms with van der Waals surface area (Å²) in [4.78, 5) is 4.22. The summed E-state index contributed by atoms with van der Waals surface area (Å²) >= 11 is 0. The van der Waals surface area contributed by atoms with Crippen LogP contribution < -0.4 is 11.1 Å². The number of anilines is 2. The van der Waals surface area contributed by atoms with Crippen molar-refractivity contribution in [2.45, 2.75) is 20.4 Å². The Hall–Kier alpha value is -2.62. The average molecular weight is 280 g/mol. The van der Waals surface area contributed by atoms with Gasteiger partial charge in [0.2, 0.25) is 0 Å². The predicted molar refractivity (Wildman–Crippen MR) is 89.5 cm³/mol. The van der Waals surface area contributed by atoms with Crippen LogP contribution >= 0.6 is 0 Å². The second kappa shape index (κ2) is 6.70. The number of aromatic nitrogens is 1. The molecular formula is C17H20N4. The van der Waals surface area contributed by atoms with E-state index in [0.717, 1.165) is 16.8 Å². The zero-order valence-electron chi connectivity index (χ0n) is 12.4. The maximum atomic E-state index is 7.80. The highest BCUT2D eigenvalue weighted by molar-refractivity contribution is 6.21. The number of allylic oxidation sites excluding steroid dienone is 2. The van der Waals surface area contributed by atoms with Crippen molar-refractivity contribution >= 4 is 22.8 Å². The van der Waals surface area contributed by atoms with E-state index in [1.807, 2.05) is 37.3 Å². The van der Waals surface area contributed by atoms with Gasteiger partial charge in [-0.05, 0) is 31.1 Å². The van der Waals surface area contributed by atoms with Crippen molar-refractivity contribution in [2.75, 3.05) is 11.1 Å². The molecule has 0 bridgehead atoms. The van der Waals surface area contributed by atoms with E-state index in [2.05, 4.69) is 22.4 Å². The van der Waals surface area contributed by atoms with Gasteiger partial charge in [-0.2, -0.15) is 0 Å². The summed E-state index contributed by atoms with van der Waals surface area (Å²) in [6.07, 6.45) is 3.62. The Labute approximate surface area is 125 Å². The molecule has 0 aliphatic rings. The standard InChI is InChI=1S/C17H20N4/c1-3-15(12(2)18)14-9-16(17(19)21-11-14)20-10-13-7-5-4-6-8-13/h3-9,11,18,20H,10H2,1-2H3,(H2,19,21)/b15-3-,18-12?. The Kier molecular flexibility index (Phi) is 4.72. The fourth-order valence-corrected chi connectivity index (χ4v) is 2.16. The molecule has 2 rings (SSSR count). The smallest absolute Gasteiger partial charge is 0.146 e. The number of hydrogen-bond acceptors (Lipinski definition) is 4. The van der Waals surface area contributed by atoms with Crippen LogP contribution in [0.25, 0.3) is 5.57 Å². The van der Waals surface area contributed by atoms with Crippen molar-refractivity contribution in [1.82, 2.24) is 4.98 Å². The minimum Gasteiger partial charge on any atom is -0.382 e. The van der Waals surface area contributed by atoms with E-state index in [9.17, 15) is 0 Å². The largest absolute Gasteiger partial charge is 0.382 e. The summed E-state index contributed by atoms with van der Waals surface area (Å²) in [7, 11) is 0. The van der Waals surface area contributed by atoms with Crippen molar-refractivity contribution in [3.05, 3.63) is 59.8 Å². The minimum atomic E-state index is 0.466. The van der Waals surface area contributed by atoms with E-state index in [1.165, 1.54) is 5.56 Å². The van der Waals surface area contributed by atoms with Crippen LogP contribution in [0, 0.1) is 5.41 Å². The molecule has 4 nitrogen and oxygen atoms in total. The third-order valence-electron chi connectivity index (χ3n) is 3.25. The third-order valence-corrected chi connectivity index (χ3v) is 3.25. The molecule has 0 saturated carbocycles. The first-order valence-electron chi connectivity index (χ1n) is 6.87. The molecule has 0 fully saturated rings. The lowest BCUT2D eigenvalue weighted by atomic mass is 10.0. The van der Waals surface area contributed by atoms with E-state index >= 15 is 0 Å². The van der Waals surface area contributed by atoms with Gasteiger partial charge >= 0.3 is 0 Å². The Morgan fingerprint density at radius 1 is 1.33 bits per heavy atom. The maximum Gasteiger partial charge on any atom is 0.146 e. The molecule has 1 aromatic carbocycles. The first-order chi connectivity index (χ1) is 10.1. The first kappa shape index (κ1) is 14.8. The van der Waals surface area contributed by atoms with Gasteiger partial charge in [0.15, 0.2) is 0 Å². The molecule has 0 radical (unpaired) electrons. The van der Waals surface area contributed by atoms with Gasteiger partial charge in [0.05, 0.1) is 5.69 Å². The number of nitrogens with two attached hydrogens (primary N) is 1. The van der Waals surface area contributed by atoms with E-state index in [0.29, 0.717) is 18.1 Å². The summed E-state index contributed by atoms with van der Waals surface area (Å²) in [6, 6.07) is 12.1. The zero-order valence-corrected chi connectivity index (χ0v) is 12.4. The Balaban J connectivity index is 2.22. The van der Waals surface area contributed by atoms with Gasteiger partial charge < -0.3 is 16.5 Å². The number of rotatable bonds is 5. The Morgan fingerprint density at radius 2 is 2.05 bits per heavy atom. The fraction of sp³-hybridized carbons (Fsp3) is 0.176. The van der Waals surface area contributed by atoms with E-state index in [4.69, 9.17) is 11.1 Å². The van der Waals surface area contributed by atoms with E-state index < -0.39 is 0 Å². The molecule has 2 aromatic rings. The van der Waals surface area contributed by atoms with Gasteiger partial charge in [-0.3, -0.25) is 0 Å². The molecule has 0 aliphatic carbocycles. The summed E-state index contributed by atoms with van der Waals surface area (Å²) in [5.74, 6) is 0.466. The summed E-state index contributed by atoms with van der Waals surface area (Å²) in [5, 5.41) is 11.1. The van der Waals surface area contributed by atoms with Gasteiger partial charge in [0.25, 0.3) is 0 Å². The molecular weight excluding hydrogens is 260 g/mol. The van der Waals surface area contributed by atoms with Crippen LogP contribution in [0.15, 0.2) is 48.7 Å². The molecule has 4 heteroatoms. The highest BCUT2D eigenvalue weighted by atomic mass is 14.9. The minimum absolute atomic E-state index is 0.466. The quantitative estimate of drug-likeness (QED) is 0.731. The lowest BCUT2D eigenvalue weighted by molar-refractivity contribution is 1.14. The van der Waals surface area contributed by atoms with Crippen LogP contribution in [0.2, 0.25) is 0 Å². The monoisotopic (exact) mass is 280 g/mol. The number of nitrogens with one attached hydrogen (secondary N) is 2. The van der Waals surface area contributed by atoms with Crippen LogP contribution in [0.1, 0.15) is 25.0 Å². The maximum absolute atomic E-state index is 7.80. The molecule has 0 amide bonds. The predicted octanol–water partition coefficient (Wildman–Crippen LogP) is 3.72. The fourth-order valence-electron chi connectivity index (χ4n) is 2.16. The number of nitrogens with zero attached hydrogens (tertiary/aromatic N) is 1. The van der Waals surface area contributed by atoms with Crippen molar-refractivity contribution in [3.8, 4) is 0 Å². The number of hydrogen-bond donors (Lipinski definition) is 3. The van der Waals surface area contributed by atoms with Crippen LogP contribution in [-0.4, -0.2) is 10.7 Å². The third kappa shape index (κ3) is 3.69. The molecule has 0 aliphatic heterocycles. The Morgan fingerprint density at radius 3 is 2.67 bits per heavy atom. The van der Waals surface area contributed by atoms with Crippen molar-refractivity contribution in [1.29, 1.82) is 5.41 Å². The first-order valence-corrected chi connectivity index (χ1v) is 6.87. The lowest BCUT2D eigenvalue weighted by Crippen LogP contribution is -2.05. The van der Waals surface area contributed by atoms with Gasteiger partial charge in [0, 0.05) is 24.0 Å². The van der Waals surface area contributed by atoms with Gasteiger partial charge in [-0.25, -0.2) is 4.98 Å². The zero-order chi connectivity index (χ0) is 15.2. The number of nitrogen functional groups attached to an aromatic ring is 1. The van der Waals surface area contributed by atoms with Gasteiger partial charge in [-0.15, -0.1) is 0 Å². The SMILES string of the molecule is C/C=C(/C(C)=N)c1cnc(N)c(NCc2ccccc2)c1. The van der Waals surface area contributed by atoms with Crippen molar-refractivity contribution in [2.24, 2.45) is 0 Å². The highest BCUT2D eigenvalue weighted by Crippen LogP contribution is 2.23.